The van der Waals surface area contributed by atoms with Crippen molar-refractivity contribution in [2.24, 2.45) is 5.92 Å². The van der Waals surface area contributed by atoms with E-state index in [-0.39, 0.29) is 0 Å². The Kier molecular flexibility index (Phi) is 5.05. The number of H-pyrrole nitrogens is 1. The van der Waals surface area contributed by atoms with Crippen LogP contribution in [0.25, 0.3) is 11.0 Å². The van der Waals surface area contributed by atoms with Gasteiger partial charge in [-0.1, -0.05) is 18.2 Å². The molecule has 6 nitrogen and oxygen atoms in total. The molecular formula is C21H25N5O. The summed E-state index contributed by atoms with van der Waals surface area (Å²) in [6.45, 7) is 2.31. The molecule has 1 aliphatic rings. The van der Waals surface area contributed by atoms with E-state index in [2.05, 4.69) is 19.9 Å². The molecular weight excluding hydrogens is 338 g/mol. The van der Waals surface area contributed by atoms with Crippen LogP contribution in [0, 0.1) is 5.92 Å². The second kappa shape index (κ2) is 7.78. The number of fused-ring (bicyclic) bond motifs is 1. The van der Waals surface area contributed by atoms with Crippen molar-refractivity contribution in [2.75, 3.05) is 36.5 Å². The molecule has 0 saturated carbocycles. The number of hydrogen-bond acceptors (Lipinski definition) is 5. The zero-order valence-electron chi connectivity index (χ0n) is 15.6. The number of rotatable bonds is 6. The molecule has 1 aliphatic heterocycles. The molecule has 0 bridgehead atoms. The third-order valence-electron chi connectivity index (χ3n) is 5.28. The number of hydrogen-bond donors (Lipinski definition) is 1. The number of ketones is 1. The van der Waals surface area contributed by atoms with Crippen molar-refractivity contribution < 1.29 is 4.79 Å². The highest BCUT2D eigenvalue weighted by molar-refractivity contribution is 5.87. The molecule has 140 valence electrons. The minimum Gasteiger partial charge on any atom is -0.367 e. The van der Waals surface area contributed by atoms with Gasteiger partial charge in [0.2, 0.25) is 0 Å². The maximum absolute atomic E-state index is 12.6. The van der Waals surface area contributed by atoms with Crippen LogP contribution in [0.1, 0.15) is 19.3 Å². The van der Waals surface area contributed by atoms with E-state index in [1.54, 1.807) is 6.33 Å². The zero-order valence-corrected chi connectivity index (χ0v) is 15.6. The summed E-state index contributed by atoms with van der Waals surface area (Å²) in [6.07, 6.45) is 6.31. The van der Waals surface area contributed by atoms with Crippen LogP contribution in [0.5, 0.6) is 0 Å². The molecule has 2 aromatic heterocycles. The predicted molar refractivity (Wildman–Crippen MR) is 108 cm³/mol. The molecule has 6 heteroatoms. The number of nitrogens with one attached hydrogen (secondary N) is 1. The lowest BCUT2D eigenvalue weighted by Gasteiger charge is -2.33. The van der Waals surface area contributed by atoms with Crippen LogP contribution in [0.3, 0.4) is 0 Å². The predicted octanol–water partition coefficient (Wildman–Crippen LogP) is 3.27. The number of aromatic nitrogens is 3. The van der Waals surface area contributed by atoms with Crippen LogP contribution in [-0.2, 0) is 4.79 Å². The van der Waals surface area contributed by atoms with E-state index >= 15 is 0 Å². The van der Waals surface area contributed by atoms with Gasteiger partial charge in [0, 0.05) is 38.4 Å². The second-order valence-electron chi connectivity index (χ2n) is 7.33. The first-order chi connectivity index (χ1) is 13.2. The van der Waals surface area contributed by atoms with Crippen molar-refractivity contribution in [1.29, 1.82) is 0 Å². The average molecular weight is 363 g/mol. The van der Waals surface area contributed by atoms with Gasteiger partial charge in [-0.25, -0.2) is 9.97 Å². The van der Waals surface area contributed by atoms with Crippen LogP contribution in [0.2, 0.25) is 0 Å². The normalized spacial score (nSPS) is 17.2. The minimum atomic E-state index is 0.294. The number of likely N-dealkylation sites (N-methyl/N-ethyl adjacent to an activating group) is 1. The third kappa shape index (κ3) is 3.94. The van der Waals surface area contributed by atoms with Crippen LogP contribution in [0.4, 0.5) is 11.5 Å². The van der Waals surface area contributed by atoms with E-state index in [0.29, 0.717) is 24.7 Å². The average Bonchev–Trinajstić information content (AvgIpc) is 3.17. The largest absolute Gasteiger partial charge is 0.367 e. The van der Waals surface area contributed by atoms with Gasteiger partial charge >= 0.3 is 0 Å². The fourth-order valence-corrected chi connectivity index (χ4v) is 3.96. The number of piperidine rings is 1. The number of carbonyl (C=O) groups excluding carboxylic acids is 1. The van der Waals surface area contributed by atoms with E-state index < -0.39 is 0 Å². The summed E-state index contributed by atoms with van der Waals surface area (Å²) in [6, 6.07) is 12.1. The number of carbonyl (C=O) groups is 1. The molecule has 1 aromatic carbocycles. The Morgan fingerprint density at radius 1 is 1.26 bits per heavy atom. The lowest BCUT2D eigenvalue weighted by molar-refractivity contribution is -0.118. The minimum absolute atomic E-state index is 0.294. The van der Waals surface area contributed by atoms with Gasteiger partial charge in [-0.3, -0.25) is 4.79 Å². The number of anilines is 2. The zero-order chi connectivity index (χ0) is 18.6. The molecule has 3 heterocycles. The molecule has 1 unspecified atom stereocenters. The van der Waals surface area contributed by atoms with E-state index in [1.807, 2.05) is 54.5 Å². The topological polar surface area (TPSA) is 65.1 Å². The van der Waals surface area contributed by atoms with Crippen LogP contribution in [0.15, 0.2) is 48.9 Å². The fourth-order valence-electron chi connectivity index (χ4n) is 3.96. The Balaban J connectivity index is 1.38. The smallest absolute Gasteiger partial charge is 0.152 e. The standard InChI is InChI=1S/C21H25N5O/c1-25(17-7-3-2-4-8-17)14-18(27)12-16-6-5-11-26(13-16)21-19-9-10-22-20(19)23-15-24-21/h2-4,7-10,15-16H,5-6,11-14H2,1H3,(H,22,23,24). The van der Waals surface area contributed by atoms with Gasteiger partial charge in [0.15, 0.2) is 5.78 Å². The monoisotopic (exact) mass is 363 g/mol. The lowest BCUT2D eigenvalue weighted by atomic mass is 9.92. The van der Waals surface area contributed by atoms with Gasteiger partial charge in [0.1, 0.15) is 17.8 Å². The Morgan fingerprint density at radius 2 is 2.11 bits per heavy atom. The summed E-state index contributed by atoms with van der Waals surface area (Å²) in [5.41, 5.74) is 1.94. The number of aromatic amines is 1. The van der Waals surface area contributed by atoms with Gasteiger partial charge in [0.25, 0.3) is 0 Å². The van der Waals surface area contributed by atoms with Crippen molar-refractivity contribution in [3.8, 4) is 0 Å². The third-order valence-corrected chi connectivity index (χ3v) is 5.28. The second-order valence-corrected chi connectivity index (χ2v) is 7.33. The van der Waals surface area contributed by atoms with Crippen LogP contribution >= 0.6 is 0 Å². The summed E-state index contributed by atoms with van der Waals surface area (Å²) >= 11 is 0. The maximum atomic E-state index is 12.6. The first-order valence-electron chi connectivity index (χ1n) is 9.51. The van der Waals surface area contributed by atoms with Crippen LogP contribution < -0.4 is 9.80 Å². The van der Waals surface area contributed by atoms with Gasteiger partial charge < -0.3 is 14.8 Å². The molecule has 1 fully saturated rings. The highest BCUT2D eigenvalue weighted by Crippen LogP contribution is 2.28. The quantitative estimate of drug-likeness (QED) is 0.728. The summed E-state index contributed by atoms with van der Waals surface area (Å²) in [4.78, 5) is 28.9. The molecule has 27 heavy (non-hydrogen) atoms. The van der Waals surface area contributed by atoms with E-state index in [4.69, 9.17) is 0 Å². The first kappa shape index (κ1) is 17.5. The van der Waals surface area contributed by atoms with E-state index in [1.165, 1.54) is 0 Å². The van der Waals surface area contributed by atoms with E-state index in [9.17, 15) is 4.79 Å². The van der Waals surface area contributed by atoms with Crippen molar-refractivity contribution >= 4 is 28.3 Å². The first-order valence-corrected chi connectivity index (χ1v) is 9.51. The van der Waals surface area contributed by atoms with Crippen molar-refractivity contribution in [3.63, 3.8) is 0 Å². The molecule has 0 amide bonds. The molecule has 0 radical (unpaired) electrons. The summed E-state index contributed by atoms with van der Waals surface area (Å²) in [5.74, 6) is 1.64. The summed E-state index contributed by atoms with van der Waals surface area (Å²) < 4.78 is 0. The summed E-state index contributed by atoms with van der Waals surface area (Å²) in [5, 5.41) is 1.05. The van der Waals surface area contributed by atoms with Crippen molar-refractivity contribution in [1.82, 2.24) is 15.0 Å². The van der Waals surface area contributed by atoms with Gasteiger partial charge in [-0.15, -0.1) is 0 Å². The molecule has 0 aliphatic carbocycles. The number of para-hydroxylation sites is 1. The van der Waals surface area contributed by atoms with Crippen molar-refractivity contribution in [2.45, 2.75) is 19.3 Å². The highest BCUT2D eigenvalue weighted by atomic mass is 16.1. The SMILES string of the molecule is CN(CC(=O)CC1CCCN(c2ncnc3[nH]ccc23)C1)c1ccccc1. The van der Waals surface area contributed by atoms with Crippen LogP contribution in [-0.4, -0.2) is 47.4 Å². The summed E-state index contributed by atoms with van der Waals surface area (Å²) in [7, 11) is 1.98. The fraction of sp³-hybridized carbons (Fsp3) is 0.381. The highest BCUT2D eigenvalue weighted by Gasteiger charge is 2.24. The van der Waals surface area contributed by atoms with Gasteiger partial charge in [-0.2, -0.15) is 0 Å². The van der Waals surface area contributed by atoms with Gasteiger partial charge in [-0.05, 0) is 37.0 Å². The molecule has 3 aromatic rings. The lowest BCUT2D eigenvalue weighted by Crippen LogP contribution is -2.38. The number of nitrogens with zero attached hydrogens (tertiary/aromatic N) is 4. The maximum Gasteiger partial charge on any atom is 0.152 e. The molecule has 1 saturated heterocycles. The number of Topliss-reactive ketones (excluding diaryl/α,β-unsaturated/α-hetero) is 1. The Hall–Kier alpha value is -2.89. The molecule has 1 N–H and O–H groups in total. The Bertz CT molecular complexity index is 907. The molecule has 0 spiro atoms. The Labute approximate surface area is 159 Å². The molecule has 1 atom stereocenters. The number of benzene rings is 1. The van der Waals surface area contributed by atoms with E-state index in [0.717, 1.165) is 48.5 Å². The van der Waals surface area contributed by atoms with Gasteiger partial charge in [0.05, 0.1) is 11.9 Å². The molecule has 4 rings (SSSR count). The Morgan fingerprint density at radius 3 is 2.96 bits per heavy atom. The van der Waals surface area contributed by atoms with Crippen molar-refractivity contribution in [3.05, 3.63) is 48.9 Å².